The minimum absolute atomic E-state index is 0.0616. The zero-order chi connectivity index (χ0) is 15.9. The number of fused-ring (bicyclic) bond motifs is 1. The Balaban J connectivity index is 1.85. The van der Waals surface area contributed by atoms with Crippen molar-refractivity contribution >= 4 is 15.7 Å². The van der Waals surface area contributed by atoms with Crippen LogP contribution >= 0.6 is 0 Å². The normalized spacial score (nSPS) is 28.0. The second kappa shape index (κ2) is 5.66. The van der Waals surface area contributed by atoms with Crippen molar-refractivity contribution in [3.8, 4) is 0 Å². The number of piperazine rings is 1. The van der Waals surface area contributed by atoms with Gasteiger partial charge in [0.1, 0.15) is 5.69 Å². The molecule has 0 aliphatic carbocycles. The van der Waals surface area contributed by atoms with E-state index in [0.717, 1.165) is 13.1 Å². The van der Waals surface area contributed by atoms with Gasteiger partial charge in [-0.25, -0.2) is 8.42 Å². The number of rotatable bonds is 3. The molecular formula is C14H22N4O3S. The van der Waals surface area contributed by atoms with Crippen LogP contribution in [0.2, 0.25) is 0 Å². The van der Waals surface area contributed by atoms with Gasteiger partial charge in [0.25, 0.3) is 5.91 Å². The molecule has 2 aliphatic rings. The number of hydrogen-bond donors (Lipinski definition) is 1. The maximum absolute atomic E-state index is 12.6. The smallest absolute Gasteiger partial charge is 0.272 e. The van der Waals surface area contributed by atoms with Crippen LogP contribution in [-0.4, -0.2) is 77.5 Å². The van der Waals surface area contributed by atoms with Crippen LogP contribution in [0.15, 0.2) is 12.3 Å². The van der Waals surface area contributed by atoms with Crippen LogP contribution in [0.3, 0.4) is 0 Å². The summed E-state index contributed by atoms with van der Waals surface area (Å²) in [5.74, 6) is 0.524. The van der Waals surface area contributed by atoms with E-state index >= 15 is 0 Å². The predicted octanol–water partition coefficient (Wildman–Crippen LogP) is -0.0109. The highest BCUT2D eigenvalue weighted by Gasteiger charge is 2.48. The number of nitrogens with one attached hydrogen (secondary N) is 1. The fourth-order valence-electron chi connectivity index (χ4n) is 3.50. The molecule has 2 aliphatic heterocycles. The van der Waals surface area contributed by atoms with Crippen LogP contribution in [-0.2, 0) is 9.84 Å². The number of nitrogens with zero attached hydrogens (tertiary/aromatic N) is 3. The summed E-state index contributed by atoms with van der Waals surface area (Å²) in [7, 11) is -3.09. The van der Waals surface area contributed by atoms with Gasteiger partial charge in [-0.3, -0.25) is 14.8 Å². The molecule has 2 saturated heterocycles. The molecule has 1 aromatic rings. The molecule has 2 fully saturated rings. The molecule has 7 nitrogen and oxygen atoms in total. The summed E-state index contributed by atoms with van der Waals surface area (Å²) >= 11 is 0. The maximum Gasteiger partial charge on any atom is 0.272 e. The first-order chi connectivity index (χ1) is 10.4. The first-order valence-electron chi connectivity index (χ1n) is 7.62. The molecule has 122 valence electrons. The Morgan fingerprint density at radius 2 is 2.09 bits per heavy atom. The van der Waals surface area contributed by atoms with Gasteiger partial charge in [0.2, 0.25) is 0 Å². The number of aromatic nitrogens is 2. The molecule has 0 aromatic carbocycles. The molecule has 0 radical (unpaired) electrons. The van der Waals surface area contributed by atoms with Crippen LogP contribution in [0, 0.1) is 5.92 Å². The quantitative estimate of drug-likeness (QED) is 0.844. The highest BCUT2D eigenvalue weighted by Crippen LogP contribution is 2.28. The third kappa shape index (κ3) is 2.89. The molecule has 0 saturated carbocycles. The largest absolute Gasteiger partial charge is 0.330 e. The third-order valence-corrected chi connectivity index (χ3v) is 6.08. The lowest BCUT2D eigenvalue weighted by atomic mass is 10.0. The van der Waals surface area contributed by atoms with Gasteiger partial charge in [-0.05, 0) is 12.0 Å². The lowest BCUT2D eigenvalue weighted by Crippen LogP contribution is -2.61. The van der Waals surface area contributed by atoms with Crippen molar-refractivity contribution < 1.29 is 13.2 Å². The summed E-state index contributed by atoms with van der Waals surface area (Å²) in [4.78, 5) is 16.5. The van der Waals surface area contributed by atoms with Crippen molar-refractivity contribution in [2.75, 3.05) is 31.1 Å². The van der Waals surface area contributed by atoms with Gasteiger partial charge in [0.05, 0.1) is 17.5 Å². The Morgan fingerprint density at radius 1 is 1.36 bits per heavy atom. The second-order valence-electron chi connectivity index (χ2n) is 6.57. The number of amides is 1. The van der Waals surface area contributed by atoms with Crippen molar-refractivity contribution in [2.45, 2.75) is 25.9 Å². The van der Waals surface area contributed by atoms with Crippen molar-refractivity contribution in [1.82, 2.24) is 20.0 Å². The number of sulfone groups is 1. The molecule has 0 spiro atoms. The summed E-state index contributed by atoms with van der Waals surface area (Å²) in [6.07, 6.45) is 1.53. The lowest BCUT2D eigenvalue weighted by molar-refractivity contribution is 0.0292. The van der Waals surface area contributed by atoms with Crippen LogP contribution in [0.1, 0.15) is 24.3 Å². The zero-order valence-corrected chi connectivity index (χ0v) is 13.7. The van der Waals surface area contributed by atoms with Gasteiger partial charge < -0.3 is 4.90 Å². The molecule has 0 bridgehead atoms. The van der Waals surface area contributed by atoms with Crippen LogP contribution in [0.25, 0.3) is 0 Å². The zero-order valence-electron chi connectivity index (χ0n) is 12.9. The Hall–Kier alpha value is -1.41. The van der Waals surface area contributed by atoms with E-state index in [0.29, 0.717) is 18.2 Å². The minimum atomic E-state index is -3.09. The fraction of sp³-hybridized carbons (Fsp3) is 0.714. The molecule has 3 rings (SSSR count). The second-order valence-corrected chi connectivity index (χ2v) is 8.72. The molecule has 8 heteroatoms. The fourth-order valence-corrected chi connectivity index (χ4v) is 5.51. The molecule has 22 heavy (non-hydrogen) atoms. The van der Waals surface area contributed by atoms with E-state index in [2.05, 4.69) is 28.9 Å². The molecule has 3 heterocycles. The Bertz CT molecular complexity index is 641. The van der Waals surface area contributed by atoms with E-state index in [9.17, 15) is 13.2 Å². The molecular weight excluding hydrogens is 304 g/mol. The van der Waals surface area contributed by atoms with Gasteiger partial charge >= 0.3 is 0 Å². The van der Waals surface area contributed by atoms with Crippen LogP contribution in [0.5, 0.6) is 0 Å². The average Bonchev–Trinajstić information content (AvgIpc) is 3.04. The van der Waals surface area contributed by atoms with Crippen molar-refractivity contribution in [1.29, 1.82) is 0 Å². The number of aromatic amines is 1. The van der Waals surface area contributed by atoms with E-state index in [1.54, 1.807) is 11.0 Å². The Morgan fingerprint density at radius 3 is 2.73 bits per heavy atom. The van der Waals surface area contributed by atoms with E-state index in [-0.39, 0.29) is 29.5 Å². The minimum Gasteiger partial charge on any atom is -0.330 e. The summed E-state index contributed by atoms with van der Waals surface area (Å²) in [6, 6.07) is 1.28. The number of hydrogen-bond acceptors (Lipinski definition) is 5. The summed E-state index contributed by atoms with van der Waals surface area (Å²) in [5.41, 5.74) is 0.417. The lowest BCUT2D eigenvalue weighted by Gasteiger charge is -2.44. The standard InChI is InChI=1S/C14H22N4O3S/c1-10(2)7-17-5-6-18(14(19)11-3-4-15-16-11)13-9-22(20,21)8-12(13)17/h3-4,10,12-13H,5-9H2,1-2H3,(H,15,16)/t12-,13+/m0/s1. The molecule has 0 unspecified atom stereocenters. The Labute approximate surface area is 130 Å². The topological polar surface area (TPSA) is 86.4 Å². The molecule has 1 aromatic heterocycles. The van der Waals surface area contributed by atoms with Gasteiger partial charge in [-0.1, -0.05) is 13.8 Å². The van der Waals surface area contributed by atoms with E-state index in [1.807, 2.05) is 0 Å². The number of carbonyl (C=O) groups is 1. The summed E-state index contributed by atoms with van der Waals surface area (Å²) in [5, 5.41) is 6.48. The number of carbonyl (C=O) groups excluding carboxylic acids is 1. The molecule has 1 amide bonds. The van der Waals surface area contributed by atoms with Crippen molar-refractivity contribution in [3.63, 3.8) is 0 Å². The maximum atomic E-state index is 12.6. The van der Waals surface area contributed by atoms with E-state index < -0.39 is 9.84 Å². The molecule has 2 atom stereocenters. The molecule has 1 N–H and O–H groups in total. The van der Waals surface area contributed by atoms with Crippen LogP contribution < -0.4 is 0 Å². The van der Waals surface area contributed by atoms with Gasteiger partial charge in [-0.15, -0.1) is 0 Å². The van der Waals surface area contributed by atoms with Gasteiger partial charge in [0.15, 0.2) is 9.84 Å². The van der Waals surface area contributed by atoms with E-state index in [4.69, 9.17) is 0 Å². The van der Waals surface area contributed by atoms with Gasteiger partial charge in [0, 0.05) is 31.9 Å². The monoisotopic (exact) mass is 326 g/mol. The highest BCUT2D eigenvalue weighted by atomic mass is 32.2. The third-order valence-electron chi connectivity index (χ3n) is 4.38. The van der Waals surface area contributed by atoms with Crippen molar-refractivity contribution in [3.05, 3.63) is 18.0 Å². The average molecular weight is 326 g/mol. The summed E-state index contributed by atoms with van der Waals surface area (Å²) in [6.45, 7) is 6.39. The SMILES string of the molecule is CC(C)CN1CCN(C(=O)c2ccn[nH]2)[C@@H]2CS(=O)(=O)C[C@@H]21. The van der Waals surface area contributed by atoms with Crippen LogP contribution in [0.4, 0.5) is 0 Å². The first-order valence-corrected chi connectivity index (χ1v) is 9.44. The summed E-state index contributed by atoms with van der Waals surface area (Å²) < 4.78 is 24.2. The first kappa shape index (κ1) is 15.5. The van der Waals surface area contributed by atoms with E-state index in [1.165, 1.54) is 6.20 Å². The highest BCUT2D eigenvalue weighted by molar-refractivity contribution is 7.91. The van der Waals surface area contributed by atoms with Crippen molar-refractivity contribution in [2.24, 2.45) is 5.92 Å². The Kier molecular flexibility index (Phi) is 3.98. The predicted molar refractivity (Wildman–Crippen MR) is 82.3 cm³/mol. The number of H-pyrrole nitrogens is 1. The van der Waals surface area contributed by atoms with Gasteiger partial charge in [-0.2, -0.15) is 5.10 Å².